The number of fused-ring (bicyclic) bond motifs is 1. The van der Waals surface area contributed by atoms with Crippen LogP contribution in [0.2, 0.25) is 5.02 Å². The number of carbonyl (C=O) groups is 1. The average Bonchev–Trinajstić information content (AvgIpc) is 3.28. The highest BCUT2D eigenvalue weighted by molar-refractivity contribution is 7.23. The summed E-state index contributed by atoms with van der Waals surface area (Å²) in [5.74, 6) is 0.622. The minimum atomic E-state index is -0.0344. The first-order valence-corrected chi connectivity index (χ1v) is 10.2. The highest BCUT2D eigenvalue weighted by Crippen LogP contribution is 2.39. The van der Waals surface area contributed by atoms with E-state index in [1.54, 1.807) is 24.1 Å². The molecule has 0 fully saturated rings. The molecule has 0 atom stereocenters. The first kappa shape index (κ1) is 19.1. The third-order valence-electron chi connectivity index (χ3n) is 3.86. The molecule has 2 heterocycles. The number of nitrogens with zero attached hydrogens (tertiary/aromatic N) is 3. The first-order valence-electron chi connectivity index (χ1n) is 8.14. The molecule has 0 bridgehead atoms. The Morgan fingerprint density at radius 3 is 2.73 bits per heavy atom. The maximum absolute atomic E-state index is 13.0. The molecule has 0 aliphatic carbocycles. The highest BCUT2D eigenvalue weighted by Gasteiger charge is 2.23. The SMILES string of the molecule is COc1ccc(Cl)c2sc(N(CCCN(C)C)C(=O)c3cccs3)nc12. The van der Waals surface area contributed by atoms with Gasteiger partial charge in [0.25, 0.3) is 5.91 Å². The Morgan fingerprint density at radius 1 is 1.27 bits per heavy atom. The highest BCUT2D eigenvalue weighted by atomic mass is 35.5. The number of ether oxygens (including phenoxy) is 1. The molecule has 0 unspecified atom stereocenters. The number of rotatable bonds is 7. The number of carbonyl (C=O) groups excluding carboxylic acids is 1. The van der Waals surface area contributed by atoms with Gasteiger partial charge in [-0.25, -0.2) is 4.98 Å². The summed E-state index contributed by atoms with van der Waals surface area (Å²) in [5.41, 5.74) is 0.691. The van der Waals surface area contributed by atoms with E-state index in [1.165, 1.54) is 22.7 Å². The molecular formula is C18H20ClN3O2S2. The van der Waals surface area contributed by atoms with Crippen LogP contribution in [0.15, 0.2) is 29.6 Å². The fourth-order valence-electron chi connectivity index (χ4n) is 2.58. The average molecular weight is 410 g/mol. The Labute approximate surface area is 165 Å². The molecule has 26 heavy (non-hydrogen) atoms. The molecule has 0 aliphatic rings. The Balaban J connectivity index is 1.99. The topological polar surface area (TPSA) is 45.7 Å². The summed E-state index contributed by atoms with van der Waals surface area (Å²) in [6.07, 6.45) is 0.852. The molecule has 5 nitrogen and oxygen atoms in total. The summed E-state index contributed by atoms with van der Waals surface area (Å²) < 4.78 is 6.23. The van der Waals surface area contributed by atoms with Gasteiger partial charge in [-0.2, -0.15) is 0 Å². The Kier molecular flexibility index (Phi) is 6.13. The lowest BCUT2D eigenvalue weighted by molar-refractivity contribution is 0.0990. The van der Waals surface area contributed by atoms with Crippen molar-refractivity contribution in [2.24, 2.45) is 0 Å². The summed E-state index contributed by atoms with van der Waals surface area (Å²) in [6, 6.07) is 7.31. The molecule has 3 aromatic rings. The normalized spacial score (nSPS) is 11.3. The number of benzene rings is 1. The van der Waals surface area contributed by atoms with Crippen molar-refractivity contribution in [3.05, 3.63) is 39.5 Å². The molecule has 0 spiro atoms. The maximum Gasteiger partial charge on any atom is 0.270 e. The van der Waals surface area contributed by atoms with Crippen LogP contribution in [0.25, 0.3) is 10.2 Å². The predicted octanol–water partition coefficient (Wildman–Crippen LogP) is 4.62. The van der Waals surface area contributed by atoms with Gasteiger partial charge in [0.1, 0.15) is 11.3 Å². The van der Waals surface area contributed by atoms with Gasteiger partial charge in [0.15, 0.2) is 5.13 Å². The molecular weight excluding hydrogens is 390 g/mol. The Hall–Kier alpha value is -1.67. The van der Waals surface area contributed by atoms with E-state index >= 15 is 0 Å². The summed E-state index contributed by atoms with van der Waals surface area (Å²) in [6.45, 7) is 1.48. The third-order valence-corrected chi connectivity index (χ3v) is 6.26. The van der Waals surface area contributed by atoms with Crippen LogP contribution in [0.4, 0.5) is 5.13 Å². The van der Waals surface area contributed by atoms with Gasteiger partial charge in [0.05, 0.1) is 21.7 Å². The van der Waals surface area contributed by atoms with Gasteiger partial charge in [0.2, 0.25) is 0 Å². The van der Waals surface area contributed by atoms with Crippen molar-refractivity contribution in [3.8, 4) is 5.75 Å². The number of hydrogen-bond donors (Lipinski definition) is 0. The number of aromatic nitrogens is 1. The van der Waals surface area contributed by atoms with Gasteiger partial charge in [0, 0.05) is 6.54 Å². The molecule has 138 valence electrons. The van der Waals surface area contributed by atoms with Crippen molar-refractivity contribution >= 4 is 55.5 Å². The van der Waals surface area contributed by atoms with Gasteiger partial charge in [-0.1, -0.05) is 29.0 Å². The second kappa shape index (κ2) is 8.35. The van der Waals surface area contributed by atoms with E-state index in [9.17, 15) is 4.79 Å². The minimum Gasteiger partial charge on any atom is -0.494 e. The van der Waals surface area contributed by atoms with Crippen LogP contribution in [-0.2, 0) is 0 Å². The molecule has 0 saturated heterocycles. The summed E-state index contributed by atoms with van der Waals surface area (Å²) in [4.78, 5) is 22.3. The number of anilines is 1. The molecule has 0 saturated carbocycles. The molecule has 8 heteroatoms. The van der Waals surface area contributed by atoms with E-state index in [2.05, 4.69) is 9.88 Å². The van der Waals surface area contributed by atoms with Crippen LogP contribution in [0.3, 0.4) is 0 Å². The van der Waals surface area contributed by atoms with Crippen LogP contribution in [0.1, 0.15) is 16.1 Å². The molecule has 0 N–H and O–H groups in total. The smallest absolute Gasteiger partial charge is 0.270 e. The summed E-state index contributed by atoms with van der Waals surface area (Å²) in [7, 11) is 5.65. The molecule has 0 aliphatic heterocycles. The summed E-state index contributed by atoms with van der Waals surface area (Å²) >= 11 is 9.19. The number of amides is 1. The van der Waals surface area contributed by atoms with Gasteiger partial charge in [-0.3, -0.25) is 9.69 Å². The lowest BCUT2D eigenvalue weighted by atomic mass is 10.3. The number of methoxy groups -OCH3 is 1. The van der Waals surface area contributed by atoms with E-state index in [4.69, 9.17) is 16.3 Å². The second-order valence-electron chi connectivity index (χ2n) is 6.01. The van der Waals surface area contributed by atoms with Gasteiger partial charge < -0.3 is 9.64 Å². The maximum atomic E-state index is 13.0. The molecule has 2 aromatic heterocycles. The van der Waals surface area contributed by atoms with Gasteiger partial charge in [-0.05, 0) is 50.6 Å². The number of halogens is 1. The molecule has 0 radical (unpaired) electrons. The largest absolute Gasteiger partial charge is 0.494 e. The number of thiophene rings is 1. The van der Waals surface area contributed by atoms with Gasteiger partial charge in [-0.15, -0.1) is 11.3 Å². The standard InChI is InChI=1S/C18H20ClN3O2S2/c1-21(2)9-5-10-22(17(23)14-6-4-11-25-14)18-20-15-13(24-3)8-7-12(19)16(15)26-18/h4,6-8,11H,5,9-10H2,1-3H3. The molecule has 1 amide bonds. The quantitative estimate of drug-likeness (QED) is 0.571. The molecule has 3 rings (SSSR count). The Morgan fingerprint density at radius 2 is 2.08 bits per heavy atom. The van der Waals surface area contributed by atoms with E-state index in [0.717, 1.165) is 17.7 Å². The van der Waals surface area contributed by atoms with Crippen LogP contribution in [-0.4, -0.2) is 50.1 Å². The fraction of sp³-hybridized carbons (Fsp3) is 0.333. The number of hydrogen-bond acceptors (Lipinski definition) is 6. The first-order chi connectivity index (χ1) is 12.5. The van der Waals surface area contributed by atoms with E-state index in [0.29, 0.717) is 32.8 Å². The Bertz CT molecular complexity index is 893. The van der Waals surface area contributed by atoms with Crippen molar-refractivity contribution in [2.45, 2.75) is 6.42 Å². The zero-order chi connectivity index (χ0) is 18.7. The van der Waals surface area contributed by atoms with Crippen molar-refractivity contribution in [2.75, 3.05) is 39.2 Å². The van der Waals surface area contributed by atoms with E-state index < -0.39 is 0 Å². The van der Waals surface area contributed by atoms with Crippen LogP contribution in [0.5, 0.6) is 5.75 Å². The van der Waals surface area contributed by atoms with E-state index in [1.807, 2.05) is 31.6 Å². The van der Waals surface area contributed by atoms with Crippen molar-refractivity contribution in [1.29, 1.82) is 0 Å². The van der Waals surface area contributed by atoms with Gasteiger partial charge >= 0.3 is 0 Å². The van der Waals surface area contributed by atoms with Crippen LogP contribution >= 0.6 is 34.3 Å². The van der Waals surface area contributed by atoms with E-state index in [-0.39, 0.29) is 5.91 Å². The number of thiazole rings is 1. The second-order valence-corrected chi connectivity index (χ2v) is 8.35. The molecule has 1 aromatic carbocycles. The van der Waals surface area contributed by atoms with Crippen molar-refractivity contribution in [3.63, 3.8) is 0 Å². The minimum absolute atomic E-state index is 0.0344. The van der Waals surface area contributed by atoms with Crippen molar-refractivity contribution < 1.29 is 9.53 Å². The summed E-state index contributed by atoms with van der Waals surface area (Å²) in [5, 5.41) is 3.16. The third kappa shape index (κ3) is 4.01. The predicted molar refractivity (Wildman–Crippen MR) is 110 cm³/mol. The zero-order valence-electron chi connectivity index (χ0n) is 14.9. The van der Waals surface area contributed by atoms with Crippen LogP contribution in [0, 0.1) is 0 Å². The monoisotopic (exact) mass is 409 g/mol. The zero-order valence-corrected chi connectivity index (χ0v) is 17.2. The van der Waals surface area contributed by atoms with Crippen molar-refractivity contribution in [1.82, 2.24) is 9.88 Å². The lowest BCUT2D eigenvalue weighted by Gasteiger charge is -2.20. The lowest BCUT2D eigenvalue weighted by Crippen LogP contribution is -2.32. The fourth-order valence-corrected chi connectivity index (χ4v) is 4.54. The van der Waals surface area contributed by atoms with Crippen LogP contribution < -0.4 is 9.64 Å².